The van der Waals surface area contributed by atoms with Crippen LogP contribution < -0.4 is 11.1 Å². The van der Waals surface area contributed by atoms with Gasteiger partial charge in [0.2, 0.25) is 5.91 Å². The molecule has 0 radical (unpaired) electrons. The Hall–Kier alpha value is -1.79. The molecule has 0 fully saturated rings. The van der Waals surface area contributed by atoms with Crippen molar-refractivity contribution in [1.29, 1.82) is 0 Å². The maximum absolute atomic E-state index is 11.5. The number of rotatable bonds is 6. The van der Waals surface area contributed by atoms with Gasteiger partial charge in [0.1, 0.15) is 0 Å². The van der Waals surface area contributed by atoms with Crippen molar-refractivity contribution in [2.75, 3.05) is 6.54 Å². The molecule has 0 saturated carbocycles. The third-order valence-electron chi connectivity index (χ3n) is 2.66. The van der Waals surface area contributed by atoms with Crippen molar-refractivity contribution >= 4 is 5.91 Å². The highest BCUT2D eigenvalue weighted by molar-refractivity contribution is 5.75. The van der Waals surface area contributed by atoms with Gasteiger partial charge in [0.25, 0.3) is 0 Å². The predicted octanol–water partition coefficient (Wildman–Crippen LogP) is 2.00. The first kappa shape index (κ1) is 14.3. The number of carbonyl (C=O) groups excluding carboxylic acids is 1. The maximum Gasteiger partial charge on any atom is 0.220 e. The molecule has 0 heterocycles. The molecule has 1 unspecified atom stereocenters. The Labute approximate surface area is 109 Å². The molecule has 0 aliphatic heterocycles. The Bertz CT molecular complexity index is 417. The SMILES string of the molecule is CC#CCCNC(=O)CCC(N)c1ccccc1. The largest absolute Gasteiger partial charge is 0.355 e. The minimum absolute atomic E-state index is 0.0410. The highest BCUT2D eigenvalue weighted by Crippen LogP contribution is 2.14. The zero-order valence-corrected chi connectivity index (χ0v) is 10.8. The summed E-state index contributed by atoms with van der Waals surface area (Å²) in [5.41, 5.74) is 7.09. The molecule has 0 aromatic heterocycles. The van der Waals surface area contributed by atoms with Crippen LogP contribution in [0.3, 0.4) is 0 Å². The Kier molecular flexibility index (Phi) is 6.60. The number of hydrogen-bond acceptors (Lipinski definition) is 2. The highest BCUT2D eigenvalue weighted by Gasteiger charge is 2.08. The Morgan fingerprint density at radius 3 is 2.78 bits per heavy atom. The lowest BCUT2D eigenvalue weighted by molar-refractivity contribution is -0.121. The number of carbonyl (C=O) groups is 1. The minimum Gasteiger partial charge on any atom is -0.355 e. The Morgan fingerprint density at radius 1 is 1.39 bits per heavy atom. The fourth-order valence-electron chi connectivity index (χ4n) is 1.63. The second-order valence-electron chi connectivity index (χ2n) is 4.08. The van der Waals surface area contributed by atoms with Crippen LogP contribution in [0.4, 0.5) is 0 Å². The Morgan fingerprint density at radius 2 is 2.11 bits per heavy atom. The lowest BCUT2D eigenvalue weighted by atomic mass is 10.0. The second kappa shape index (κ2) is 8.32. The monoisotopic (exact) mass is 244 g/mol. The van der Waals surface area contributed by atoms with Crippen LogP contribution in [-0.4, -0.2) is 12.5 Å². The van der Waals surface area contributed by atoms with Crippen molar-refractivity contribution in [2.45, 2.75) is 32.2 Å². The molecule has 0 bridgehead atoms. The van der Waals surface area contributed by atoms with Gasteiger partial charge in [-0.1, -0.05) is 30.3 Å². The summed E-state index contributed by atoms with van der Waals surface area (Å²) in [6.45, 7) is 2.40. The number of hydrogen-bond donors (Lipinski definition) is 2. The van der Waals surface area contributed by atoms with Crippen molar-refractivity contribution in [3.8, 4) is 11.8 Å². The number of nitrogens with one attached hydrogen (secondary N) is 1. The fraction of sp³-hybridized carbons (Fsp3) is 0.400. The molecule has 3 N–H and O–H groups in total. The molecule has 1 rings (SSSR count). The zero-order valence-electron chi connectivity index (χ0n) is 10.8. The molecular formula is C15H20N2O. The summed E-state index contributed by atoms with van der Waals surface area (Å²) in [5, 5.41) is 2.83. The molecule has 0 aliphatic carbocycles. The van der Waals surface area contributed by atoms with Crippen LogP contribution in [0.2, 0.25) is 0 Å². The van der Waals surface area contributed by atoms with Gasteiger partial charge in [0.15, 0.2) is 0 Å². The zero-order chi connectivity index (χ0) is 13.2. The van der Waals surface area contributed by atoms with Crippen molar-refractivity contribution < 1.29 is 4.79 Å². The minimum atomic E-state index is -0.0765. The van der Waals surface area contributed by atoms with Crippen LogP contribution >= 0.6 is 0 Å². The smallest absolute Gasteiger partial charge is 0.220 e. The van der Waals surface area contributed by atoms with E-state index in [9.17, 15) is 4.79 Å². The molecule has 3 heteroatoms. The summed E-state index contributed by atoms with van der Waals surface area (Å²) in [6.07, 6.45) is 1.82. The van der Waals surface area contributed by atoms with Crippen LogP contribution in [0.15, 0.2) is 30.3 Å². The lowest BCUT2D eigenvalue weighted by Crippen LogP contribution is -2.25. The average Bonchev–Trinajstić information content (AvgIpc) is 2.42. The van der Waals surface area contributed by atoms with E-state index in [1.807, 2.05) is 30.3 Å². The van der Waals surface area contributed by atoms with Crippen molar-refractivity contribution in [1.82, 2.24) is 5.32 Å². The molecule has 1 aromatic carbocycles. The van der Waals surface area contributed by atoms with E-state index in [2.05, 4.69) is 17.2 Å². The first-order valence-electron chi connectivity index (χ1n) is 6.21. The molecule has 1 atom stereocenters. The van der Waals surface area contributed by atoms with Gasteiger partial charge >= 0.3 is 0 Å². The third-order valence-corrected chi connectivity index (χ3v) is 2.66. The highest BCUT2D eigenvalue weighted by atomic mass is 16.1. The molecular weight excluding hydrogens is 224 g/mol. The van der Waals surface area contributed by atoms with Gasteiger partial charge in [-0.15, -0.1) is 11.8 Å². The molecule has 1 aromatic rings. The van der Waals surface area contributed by atoms with Crippen LogP contribution in [0.1, 0.15) is 37.8 Å². The second-order valence-corrected chi connectivity index (χ2v) is 4.08. The summed E-state index contributed by atoms with van der Waals surface area (Å²) in [6, 6.07) is 9.76. The number of benzene rings is 1. The van der Waals surface area contributed by atoms with E-state index >= 15 is 0 Å². The maximum atomic E-state index is 11.5. The summed E-state index contributed by atoms with van der Waals surface area (Å²) < 4.78 is 0. The van der Waals surface area contributed by atoms with Crippen LogP contribution in [0.5, 0.6) is 0 Å². The van der Waals surface area contributed by atoms with E-state index in [4.69, 9.17) is 5.73 Å². The van der Waals surface area contributed by atoms with Gasteiger partial charge in [-0.25, -0.2) is 0 Å². The first-order valence-corrected chi connectivity index (χ1v) is 6.21. The van der Waals surface area contributed by atoms with E-state index in [0.717, 1.165) is 5.56 Å². The molecule has 0 aliphatic rings. The quantitative estimate of drug-likeness (QED) is 0.594. The van der Waals surface area contributed by atoms with Gasteiger partial charge in [0.05, 0.1) is 0 Å². The van der Waals surface area contributed by atoms with E-state index in [0.29, 0.717) is 25.8 Å². The Balaban J connectivity index is 2.23. The summed E-state index contributed by atoms with van der Waals surface area (Å²) in [5.74, 6) is 5.74. The third kappa shape index (κ3) is 5.51. The lowest BCUT2D eigenvalue weighted by Gasteiger charge is -2.11. The summed E-state index contributed by atoms with van der Waals surface area (Å²) in [4.78, 5) is 11.5. The molecule has 3 nitrogen and oxygen atoms in total. The van der Waals surface area contributed by atoms with Gasteiger partial charge in [0, 0.05) is 25.4 Å². The van der Waals surface area contributed by atoms with Gasteiger partial charge in [-0.05, 0) is 18.9 Å². The molecule has 18 heavy (non-hydrogen) atoms. The molecule has 96 valence electrons. The van der Waals surface area contributed by atoms with E-state index in [-0.39, 0.29) is 11.9 Å². The van der Waals surface area contributed by atoms with Crippen LogP contribution in [0, 0.1) is 11.8 Å². The summed E-state index contributed by atoms with van der Waals surface area (Å²) >= 11 is 0. The van der Waals surface area contributed by atoms with Crippen molar-refractivity contribution in [2.24, 2.45) is 5.73 Å². The van der Waals surface area contributed by atoms with E-state index in [1.54, 1.807) is 6.92 Å². The van der Waals surface area contributed by atoms with Crippen LogP contribution in [-0.2, 0) is 4.79 Å². The first-order chi connectivity index (χ1) is 8.74. The number of nitrogens with two attached hydrogens (primary N) is 1. The topological polar surface area (TPSA) is 55.1 Å². The summed E-state index contributed by atoms with van der Waals surface area (Å²) in [7, 11) is 0. The standard InChI is InChI=1S/C15H20N2O/c1-2-3-7-12-17-15(18)11-10-14(16)13-8-5-4-6-9-13/h4-6,8-9,14H,7,10-12,16H2,1H3,(H,17,18). The van der Waals surface area contributed by atoms with Crippen LogP contribution in [0.25, 0.3) is 0 Å². The van der Waals surface area contributed by atoms with Crippen molar-refractivity contribution in [3.05, 3.63) is 35.9 Å². The van der Waals surface area contributed by atoms with Gasteiger partial charge in [-0.2, -0.15) is 0 Å². The van der Waals surface area contributed by atoms with E-state index in [1.165, 1.54) is 0 Å². The fourth-order valence-corrected chi connectivity index (χ4v) is 1.63. The molecule has 0 saturated heterocycles. The van der Waals surface area contributed by atoms with Gasteiger partial charge < -0.3 is 11.1 Å². The molecule has 0 spiro atoms. The van der Waals surface area contributed by atoms with Gasteiger partial charge in [-0.3, -0.25) is 4.79 Å². The molecule has 1 amide bonds. The normalized spacial score (nSPS) is 11.2. The average molecular weight is 244 g/mol. The predicted molar refractivity (Wildman–Crippen MR) is 73.7 cm³/mol. The van der Waals surface area contributed by atoms with E-state index < -0.39 is 0 Å². The number of amides is 1. The van der Waals surface area contributed by atoms with Crippen molar-refractivity contribution in [3.63, 3.8) is 0 Å².